The summed E-state index contributed by atoms with van der Waals surface area (Å²) in [7, 11) is 0. The van der Waals surface area contributed by atoms with E-state index in [1.807, 2.05) is 36.4 Å². The van der Waals surface area contributed by atoms with Crippen LogP contribution in [-0.4, -0.2) is 19.9 Å². The minimum atomic E-state index is 0.646. The molecule has 2 heterocycles. The van der Waals surface area contributed by atoms with Crippen LogP contribution in [0.5, 0.6) is 0 Å². The number of benzene rings is 6. The molecule has 8 aromatic rings. The highest BCUT2D eigenvalue weighted by molar-refractivity contribution is 7.21. The van der Waals surface area contributed by atoms with Crippen LogP contribution in [0.4, 0.5) is 0 Å². The number of rotatable bonds is 4. The molecule has 6 aromatic carbocycles. The SMILES string of the molecule is c1ccc(-c2nc(-c3ccc4ccccc4c3)nc(-c3ccc4c(ccc5sc(-c6ccccc6)nc54)c3)n2)cc1. The Hall–Kier alpha value is -5.26. The maximum Gasteiger partial charge on any atom is 0.164 e. The average molecular weight is 543 g/mol. The molecule has 0 atom stereocenters. The van der Waals surface area contributed by atoms with E-state index in [-0.39, 0.29) is 0 Å². The van der Waals surface area contributed by atoms with Gasteiger partial charge in [0.25, 0.3) is 0 Å². The minimum absolute atomic E-state index is 0.646. The van der Waals surface area contributed by atoms with E-state index in [1.54, 1.807) is 11.3 Å². The molecule has 0 fully saturated rings. The van der Waals surface area contributed by atoms with Gasteiger partial charge in [0.05, 0.1) is 10.2 Å². The summed E-state index contributed by atoms with van der Waals surface area (Å²) in [4.78, 5) is 19.9. The number of aromatic nitrogens is 4. The van der Waals surface area contributed by atoms with Gasteiger partial charge in [-0.2, -0.15) is 0 Å². The highest BCUT2D eigenvalue weighted by Gasteiger charge is 2.15. The van der Waals surface area contributed by atoms with Gasteiger partial charge in [0, 0.05) is 27.6 Å². The Balaban J connectivity index is 1.28. The Morgan fingerprint density at radius 2 is 0.951 bits per heavy atom. The average Bonchev–Trinajstić information content (AvgIpc) is 3.50. The van der Waals surface area contributed by atoms with Gasteiger partial charge in [-0.1, -0.05) is 115 Å². The van der Waals surface area contributed by atoms with E-state index in [2.05, 4.69) is 97.1 Å². The summed E-state index contributed by atoms with van der Waals surface area (Å²) >= 11 is 1.72. The van der Waals surface area contributed by atoms with Crippen LogP contribution in [0.3, 0.4) is 0 Å². The van der Waals surface area contributed by atoms with Gasteiger partial charge < -0.3 is 0 Å². The summed E-state index contributed by atoms with van der Waals surface area (Å²) in [5, 5.41) is 5.60. The zero-order valence-corrected chi connectivity index (χ0v) is 22.7. The number of fused-ring (bicyclic) bond motifs is 4. The Bertz CT molecular complexity index is 2210. The Morgan fingerprint density at radius 3 is 1.68 bits per heavy atom. The first-order valence-corrected chi connectivity index (χ1v) is 14.3. The van der Waals surface area contributed by atoms with E-state index in [4.69, 9.17) is 19.9 Å². The van der Waals surface area contributed by atoms with Crippen molar-refractivity contribution in [3.8, 4) is 44.7 Å². The minimum Gasteiger partial charge on any atom is -0.235 e. The van der Waals surface area contributed by atoms with Crippen molar-refractivity contribution in [1.82, 2.24) is 19.9 Å². The third-order valence-electron chi connectivity index (χ3n) is 7.33. The molecule has 0 aliphatic heterocycles. The third kappa shape index (κ3) is 4.33. The molecular formula is C36H22N4S. The molecule has 0 saturated heterocycles. The summed E-state index contributed by atoms with van der Waals surface area (Å²) in [6.07, 6.45) is 0. The second kappa shape index (κ2) is 9.73. The smallest absolute Gasteiger partial charge is 0.164 e. The lowest BCUT2D eigenvalue weighted by molar-refractivity contribution is 1.08. The molecule has 0 saturated carbocycles. The standard InChI is InChI=1S/C36H22N4S/c1-3-10-24(11-4-1)33-38-34(28-16-15-23-9-7-8-14-26(23)21-28)40-35(39-33)29-17-19-30-27(22-29)18-20-31-32(30)37-36(41-31)25-12-5-2-6-13-25/h1-22H. The van der Waals surface area contributed by atoms with Gasteiger partial charge in [-0.05, 0) is 34.4 Å². The Morgan fingerprint density at radius 1 is 0.390 bits per heavy atom. The molecule has 0 aliphatic carbocycles. The number of thiazole rings is 1. The molecular weight excluding hydrogens is 520 g/mol. The normalized spacial score (nSPS) is 11.4. The molecule has 8 rings (SSSR count). The van der Waals surface area contributed by atoms with Gasteiger partial charge in [0.1, 0.15) is 5.01 Å². The van der Waals surface area contributed by atoms with E-state index in [1.165, 1.54) is 10.1 Å². The molecule has 4 nitrogen and oxygen atoms in total. The maximum atomic E-state index is 5.02. The molecule has 192 valence electrons. The van der Waals surface area contributed by atoms with Crippen molar-refractivity contribution in [3.63, 3.8) is 0 Å². The zero-order chi connectivity index (χ0) is 27.2. The Kier molecular flexibility index (Phi) is 5.61. The largest absolute Gasteiger partial charge is 0.235 e. The van der Waals surface area contributed by atoms with Gasteiger partial charge in [0.2, 0.25) is 0 Å². The summed E-state index contributed by atoms with van der Waals surface area (Å²) in [5.74, 6) is 1.95. The lowest BCUT2D eigenvalue weighted by atomic mass is 10.0. The predicted octanol–water partition coefficient (Wildman–Crippen LogP) is 9.46. The first-order valence-electron chi connectivity index (χ1n) is 13.5. The van der Waals surface area contributed by atoms with E-state index < -0.39 is 0 Å². The molecule has 0 radical (unpaired) electrons. The molecule has 2 aromatic heterocycles. The maximum absolute atomic E-state index is 5.02. The molecule has 0 spiro atoms. The molecule has 0 unspecified atom stereocenters. The summed E-state index contributed by atoms with van der Waals surface area (Å²) < 4.78 is 1.18. The van der Waals surface area contributed by atoms with Crippen molar-refractivity contribution < 1.29 is 0 Å². The fourth-order valence-electron chi connectivity index (χ4n) is 5.24. The van der Waals surface area contributed by atoms with Crippen molar-refractivity contribution in [3.05, 3.63) is 133 Å². The highest BCUT2D eigenvalue weighted by atomic mass is 32.1. The highest BCUT2D eigenvalue weighted by Crippen LogP contribution is 2.36. The number of hydrogen-bond donors (Lipinski definition) is 0. The van der Waals surface area contributed by atoms with E-state index in [0.29, 0.717) is 17.5 Å². The van der Waals surface area contributed by atoms with Gasteiger partial charge in [-0.25, -0.2) is 19.9 Å². The van der Waals surface area contributed by atoms with Gasteiger partial charge >= 0.3 is 0 Å². The van der Waals surface area contributed by atoms with Gasteiger partial charge in [-0.15, -0.1) is 11.3 Å². The fourth-order valence-corrected chi connectivity index (χ4v) is 6.23. The Labute approximate surface area is 240 Å². The second-order valence-corrected chi connectivity index (χ2v) is 11.0. The van der Waals surface area contributed by atoms with Gasteiger partial charge in [0.15, 0.2) is 17.5 Å². The van der Waals surface area contributed by atoms with E-state index >= 15 is 0 Å². The predicted molar refractivity (Wildman–Crippen MR) is 170 cm³/mol. The first-order chi connectivity index (χ1) is 20.3. The van der Waals surface area contributed by atoms with Crippen LogP contribution in [0, 0.1) is 0 Å². The molecule has 0 amide bonds. The molecule has 5 heteroatoms. The number of hydrogen-bond acceptors (Lipinski definition) is 5. The van der Waals surface area contributed by atoms with E-state index in [0.717, 1.165) is 48.9 Å². The van der Waals surface area contributed by atoms with Crippen molar-refractivity contribution in [2.75, 3.05) is 0 Å². The molecule has 0 N–H and O–H groups in total. The lowest BCUT2D eigenvalue weighted by Gasteiger charge is -2.10. The number of nitrogens with zero attached hydrogens (tertiary/aromatic N) is 4. The van der Waals surface area contributed by atoms with E-state index in [9.17, 15) is 0 Å². The van der Waals surface area contributed by atoms with Crippen LogP contribution in [-0.2, 0) is 0 Å². The lowest BCUT2D eigenvalue weighted by Crippen LogP contribution is -2.00. The summed E-state index contributed by atoms with van der Waals surface area (Å²) in [6.45, 7) is 0. The first kappa shape index (κ1) is 23.6. The van der Waals surface area contributed by atoms with Crippen molar-refractivity contribution in [2.45, 2.75) is 0 Å². The van der Waals surface area contributed by atoms with Crippen LogP contribution in [0.2, 0.25) is 0 Å². The summed E-state index contributed by atoms with van der Waals surface area (Å²) in [6, 6.07) is 45.8. The van der Waals surface area contributed by atoms with Crippen molar-refractivity contribution in [2.24, 2.45) is 0 Å². The van der Waals surface area contributed by atoms with Crippen LogP contribution in [0.25, 0.3) is 76.5 Å². The van der Waals surface area contributed by atoms with Crippen LogP contribution in [0.1, 0.15) is 0 Å². The van der Waals surface area contributed by atoms with Gasteiger partial charge in [-0.3, -0.25) is 0 Å². The van der Waals surface area contributed by atoms with Crippen LogP contribution >= 0.6 is 11.3 Å². The monoisotopic (exact) mass is 542 g/mol. The second-order valence-electron chi connectivity index (χ2n) is 9.97. The van der Waals surface area contributed by atoms with Crippen molar-refractivity contribution >= 4 is 43.1 Å². The fraction of sp³-hybridized carbons (Fsp3) is 0. The molecule has 0 bridgehead atoms. The molecule has 41 heavy (non-hydrogen) atoms. The summed E-state index contributed by atoms with van der Waals surface area (Å²) in [5.41, 5.74) is 5.02. The van der Waals surface area contributed by atoms with Crippen LogP contribution < -0.4 is 0 Å². The zero-order valence-electron chi connectivity index (χ0n) is 21.9. The van der Waals surface area contributed by atoms with Crippen molar-refractivity contribution in [1.29, 1.82) is 0 Å². The van der Waals surface area contributed by atoms with Crippen LogP contribution in [0.15, 0.2) is 133 Å². The third-order valence-corrected chi connectivity index (χ3v) is 8.40. The molecule has 0 aliphatic rings. The topological polar surface area (TPSA) is 51.6 Å². The quantitative estimate of drug-likeness (QED) is 0.222.